The van der Waals surface area contributed by atoms with Gasteiger partial charge in [-0.05, 0) is 48.4 Å². The predicted molar refractivity (Wildman–Crippen MR) is 125 cm³/mol. The van der Waals surface area contributed by atoms with Gasteiger partial charge in [-0.3, -0.25) is 4.79 Å². The van der Waals surface area contributed by atoms with Crippen molar-refractivity contribution in [3.63, 3.8) is 0 Å². The lowest BCUT2D eigenvalue weighted by molar-refractivity contribution is 0.0738. The van der Waals surface area contributed by atoms with E-state index in [1.54, 1.807) is 0 Å². The number of para-hydroxylation sites is 2. The molecule has 0 radical (unpaired) electrons. The van der Waals surface area contributed by atoms with E-state index in [1.165, 1.54) is 5.56 Å². The van der Waals surface area contributed by atoms with Crippen LogP contribution in [0.3, 0.4) is 0 Å². The first-order valence-electron chi connectivity index (χ1n) is 11.0. The molecule has 1 fully saturated rings. The third-order valence-electron chi connectivity index (χ3n) is 5.87. The number of carbonyl (C=O) groups is 1. The van der Waals surface area contributed by atoms with Gasteiger partial charge in [0.25, 0.3) is 5.91 Å². The maximum Gasteiger partial charge on any atom is 0.256 e. The highest BCUT2D eigenvalue weighted by atomic mass is 16.5. The number of nitrogens with one attached hydrogen (secondary N) is 1. The van der Waals surface area contributed by atoms with Crippen molar-refractivity contribution in [2.45, 2.75) is 6.42 Å². The summed E-state index contributed by atoms with van der Waals surface area (Å²) in [6.45, 7) is 2.44. The predicted octanol–water partition coefficient (Wildman–Crippen LogP) is 4.41. The van der Waals surface area contributed by atoms with Gasteiger partial charge in [0.15, 0.2) is 0 Å². The second kappa shape index (κ2) is 9.24. The van der Waals surface area contributed by atoms with Gasteiger partial charge in [-0.25, -0.2) is 4.52 Å². The summed E-state index contributed by atoms with van der Waals surface area (Å²) in [6, 6.07) is 23.8. The van der Waals surface area contributed by atoms with Crippen LogP contribution in [0.5, 0.6) is 0 Å². The molecule has 2 aromatic heterocycles. The van der Waals surface area contributed by atoms with Gasteiger partial charge >= 0.3 is 0 Å². The molecule has 2 aromatic carbocycles. The smallest absolute Gasteiger partial charge is 0.256 e. The van der Waals surface area contributed by atoms with Crippen LogP contribution in [0.4, 0.5) is 11.4 Å². The van der Waals surface area contributed by atoms with Crippen molar-refractivity contribution in [1.29, 1.82) is 0 Å². The van der Waals surface area contributed by atoms with E-state index in [0.717, 1.165) is 23.3 Å². The van der Waals surface area contributed by atoms with Crippen LogP contribution in [0, 0.1) is 5.92 Å². The molecular weight excluding hydrogens is 400 g/mol. The highest BCUT2D eigenvalue weighted by Crippen LogP contribution is 2.24. The molecule has 3 heterocycles. The largest absolute Gasteiger partial charge is 0.379 e. The second-order valence-electron chi connectivity index (χ2n) is 8.13. The Morgan fingerprint density at radius 1 is 1.03 bits per heavy atom. The quantitative estimate of drug-likeness (QED) is 0.514. The van der Waals surface area contributed by atoms with Gasteiger partial charge < -0.3 is 15.0 Å². The fraction of sp³-hybridized carbons (Fsp3) is 0.231. The van der Waals surface area contributed by atoms with Crippen LogP contribution in [0.2, 0.25) is 0 Å². The van der Waals surface area contributed by atoms with E-state index < -0.39 is 0 Å². The third kappa shape index (κ3) is 4.36. The third-order valence-corrected chi connectivity index (χ3v) is 5.87. The van der Waals surface area contributed by atoms with Crippen molar-refractivity contribution in [2.24, 2.45) is 5.92 Å². The van der Waals surface area contributed by atoms with E-state index in [9.17, 15) is 4.79 Å². The van der Waals surface area contributed by atoms with E-state index in [-0.39, 0.29) is 11.8 Å². The number of carbonyl (C=O) groups excluding carboxylic acids is 1. The molecule has 1 unspecified atom stereocenters. The zero-order chi connectivity index (χ0) is 21.8. The summed E-state index contributed by atoms with van der Waals surface area (Å²) in [7, 11) is 0. The number of ether oxygens (including phenoxy) is 1. The van der Waals surface area contributed by atoms with Crippen molar-refractivity contribution >= 4 is 22.8 Å². The van der Waals surface area contributed by atoms with Gasteiger partial charge in [-0.15, -0.1) is 0 Å². The van der Waals surface area contributed by atoms with Crippen LogP contribution >= 0.6 is 0 Å². The minimum absolute atomic E-state index is 0.0297. The van der Waals surface area contributed by atoms with Gasteiger partial charge in [0.1, 0.15) is 0 Å². The number of rotatable bonds is 5. The number of nitrogens with zero attached hydrogens (tertiary/aromatic N) is 3. The lowest BCUT2D eigenvalue weighted by Crippen LogP contribution is -2.36. The van der Waals surface area contributed by atoms with Crippen LogP contribution in [-0.4, -0.2) is 46.7 Å². The summed E-state index contributed by atoms with van der Waals surface area (Å²) in [5.74, 6) is 0.249. The first kappa shape index (κ1) is 20.3. The van der Waals surface area contributed by atoms with E-state index in [0.29, 0.717) is 31.9 Å². The summed E-state index contributed by atoms with van der Waals surface area (Å²) < 4.78 is 7.77. The Morgan fingerprint density at radius 2 is 1.88 bits per heavy atom. The van der Waals surface area contributed by atoms with E-state index in [2.05, 4.69) is 16.5 Å². The van der Waals surface area contributed by atoms with E-state index >= 15 is 0 Å². The number of hydrogen-bond acceptors (Lipinski definition) is 4. The fourth-order valence-electron chi connectivity index (χ4n) is 4.31. The molecule has 32 heavy (non-hydrogen) atoms. The number of aromatic nitrogens is 2. The average molecular weight is 427 g/mol. The summed E-state index contributed by atoms with van der Waals surface area (Å²) >= 11 is 0. The molecule has 0 bridgehead atoms. The SMILES string of the molecule is O=C(c1ccccc1Nc1ccccc1)N1CCOCC(Cc2cccn3nccc23)C1. The molecule has 0 saturated carbocycles. The zero-order valence-corrected chi connectivity index (χ0v) is 17.9. The van der Waals surface area contributed by atoms with Gasteiger partial charge in [0, 0.05) is 37.1 Å². The molecule has 1 N–H and O–H groups in total. The first-order valence-corrected chi connectivity index (χ1v) is 11.0. The molecule has 6 nitrogen and oxygen atoms in total. The Balaban J connectivity index is 1.35. The Labute approximate surface area is 187 Å². The number of pyridine rings is 1. The molecule has 1 amide bonds. The fourth-order valence-corrected chi connectivity index (χ4v) is 4.31. The molecule has 5 rings (SSSR count). The number of benzene rings is 2. The lowest BCUT2D eigenvalue weighted by Gasteiger charge is -2.25. The second-order valence-corrected chi connectivity index (χ2v) is 8.13. The summed E-state index contributed by atoms with van der Waals surface area (Å²) in [4.78, 5) is 15.5. The zero-order valence-electron chi connectivity index (χ0n) is 17.9. The summed E-state index contributed by atoms with van der Waals surface area (Å²) in [5.41, 5.74) is 4.77. The molecule has 162 valence electrons. The molecule has 4 aromatic rings. The van der Waals surface area contributed by atoms with Crippen LogP contribution in [0.25, 0.3) is 5.52 Å². The maximum atomic E-state index is 13.5. The Morgan fingerprint density at radius 3 is 2.78 bits per heavy atom. The van der Waals surface area contributed by atoms with Crippen molar-refractivity contribution in [2.75, 3.05) is 31.6 Å². The topological polar surface area (TPSA) is 58.9 Å². The average Bonchev–Trinajstić information content (AvgIpc) is 3.20. The number of amides is 1. The van der Waals surface area contributed by atoms with Gasteiger partial charge in [-0.2, -0.15) is 5.10 Å². The molecule has 1 saturated heterocycles. The monoisotopic (exact) mass is 426 g/mol. The Kier molecular flexibility index (Phi) is 5.85. The molecule has 1 aliphatic heterocycles. The van der Waals surface area contributed by atoms with Crippen LogP contribution in [0.1, 0.15) is 15.9 Å². The van der Waals surface area contributed by atoms with Gasteiger partial charge in [0.2, 0.25) is 0 Å². The van der Waals surface area contributed by atoms with Gasteiger partial charge in [0.05, 0.1) is 30.0 Å². The standard InChI is InChI=1S/C26H26N4O2/c31-26(23-10-4-5-11-24(23)28-22-8-2-1-3-9-22)29-15-16-32-19-20(18-29)17-21-7-6-14-30-25(21)12-13-27-30/h1-14,20,28H,15-19H2. The maximum absolute atomic E-state index is 13.5. The van der Waals surface area contributed by atoms with Crippen LogP contribution in [0.15, 0.2) is 85.2 Å². The van der Waals surface area contributed by atoms with Crippen molar-refractivity contribution in [3.05, 3.63) is 96.3 Å². The van der Waals surface area contributed by atoms with Crippen molar-refractivity contribution in [3.8, 4) is 0 Å². The highest BCUT2D eigenvalue weighted by Gasteiger charge is 2.25. The number of fused-ring (bicyclic) bond motifs is 1. The summed E-state index contributed by atoms with van der Waals surface area (Å²) in [5, 5.41) is 7.72. The van der Waals surface area contributed by atoms with E-state index in [4.69, 9.17) is 4.74 Å². The minimum Gasteiger partial charge on any atom is -0.379 e. The first-order chi connectivity index (χ1) is 15.8. The molecule has 0 aliphatic carbocycles. The highest BCUT2D eigenvalue weighted by molar-refractivity contribution is 6.00. The lowest BCUT2D eigenvalue weighted by atomic mass is 9.99. The Hall–Kier alpha value is -3.64. The number of hydrogen-bond donors (Lipinski definition) is 1. The van der Waals surface area contributed by atoms with Crippen LogP contribution < -0.4 is 5.32 Å². The number of anilines is 2. The van der Waals surface area contributed by atoms with E-state index in [1.807, 2.05) is 88.5 Å². The Bertz CT molecular complexity index is 1200. The molecule has 6 heteroatoms. The van der Waals surface area contributed by atoms with Crippen molar-refractivity contribution < 1.29 is 9.53 Å². The van der Waals surface area contributed by atoms with Gasteiger partial charge in [-0.1, -0.05) is 36.4 Å². The molecule has 1 aliphatic rings. The molecular formula is C26H26N4O2. The van der Waals surface area contributed by atoms with Crippen LogP contribution in [-0.2, 0) is 11.2 Å². The summed E-state index contributed by atoms with van der Waals surface area (Å²) in [6.07, 6.45) is 4.60. The van der Waals surface area contributed by atoms with Crippen molar-refractivity contribution in [1.82, 2.24) is 14.5 Å². The normalized spacial score (nSPS) is 16.6. The molecule has 0 spiro atoms. The molecule has 1 atom stereocenters. The minimum atomic E-state index is 0.0297.